The summed E-state index contributed by atoms with van der Waals surface area (Å²) < 4.78 is 37.3. The first kappa shape index (κ1) is 12.8. The number of rotatable bonds is 3. The average Bonchev–Trinajstić information content (AvgIpc) is 2.15. The van der Waals surface area contributed by atoms with E-state index in [2.05, 4.69) is 6.58 Å². The molecule has 1 atom stereocenters. The Bertz CT molecular complexity index is 382. The van der Waals surface area contributed by atoms with Crippen molar-refractivity contribution < 1.29 is 13.2 Å². The Hall–Kier alpha value is -1.29. The second-order valence-electron chi connectivity index (χ2n) is 3.89. The molecule has 0 bridgehead atoms. The van der Waals surface area contributed by atoms with Crippen molar-refractivity contribution in [2.75, 3.05) is 0 Å². The zero-order valence-electron chi connectivity index (χ0n) is 9.01. The molecule has 0 radical (unpaired) electrons. The number of nitrogens with two attached hydrogens (primary N) is 1. The lowest BCUT2D eigenvalue weighted by molar-refractivity contribution is -0.137. The molecule has 0 amide bonds. The van der Waals surface area contributed by atoms with Gasteiger partial charge in [-0.15, -0.1) is 6.58 Å². The Morgan fingerprint density at radius 3 is 2.56 bits per heavy atom. The summed E-state index contributed by atoms with van der Waals surface area (Å²) in [6, 6.07) is 4.67. The van der Waals surface area contributed by atoms with Crippen molar-refractivity contribution in [1.82, 2.24) is 0 Å². The fourth-order valence-corrected chi connectivity index (χ4v) is 1.44. The van der Waals surface area contributed by atoms with Crippen molar-refractivity contribution in [3.8, 4) is 0 Å². The van der Waals surface area contributed by atoms with Crippen molar-refractivity contribution >= 4 is 0 Å². The molecular weight excluding hydrogens is 215 g/mol. The van der Waals surface area contributed by atoms with Gasteiger partial charge in [0.1, 0.15) is 0 Å². The molecule has 16 heavy (non-hydrogen) atoms. The van der Waals surface area contributed by atoms with Gasteiger partial charge in [0.05, 0.1) is 5.56 Å². The van der Waals surface area contributed by atoms with Crippen LogP contribution in [0.5, 0.6) is 0 Å². The second kappa shape index (κ2) is 4.70. The Morgan fingerprint density at radius 2 is 2.06 bits per heavy atom. The molecule has 1 rings (SSSR count). The maximum Gasteiger partial charge on any atom is 0.416 e. The van der Waals surface area contributed by atoms with Gasteiger partial charge in [-0.2, -0.15) is 13.2 Å². The molecule has 0 aliphatic carbocycles. The lowest BCUT2D eigenvalue weighted by Gasteiger charge is -2.14. The highest BCUT2D eigenvalue weighted by Gasteiger charge is 2.30. The molecule has 1 aromatic carbocycles. The zero-order valence-corrected chi connectivity index (χ0v) is 9.01. The molecule has 2 N–H and O–H groups in total. The quantitative estimate of drug-likeness (QED) is 0.786. The number of hydrogen-bond acceptors (Lipinski definition) is 1. The molecule has 0 heterocycles. The molecule has 88 valence electrons. The summed E-state index contributed by atoms with van der Waals surface area (Å²) in [6.07, 6.45) is -3.83. The van der Waals surface area contributed by atoms with Crippen LogP contribution in [0, 0.1) is 0 Å². The van der Waals surface area contributed by atoms with Crippen molar-refractivity contribution in [1.29, 1.82) is 0 Å². The molecule has 1 aromatic rings. The number of halogens is 3. The minimum Gasteiger partial charge on any atom is -0.324 e. The van der Waals surface area contributed by atoms with Gasteiger partial charge in [0, 0.05) is 6.04 Å². The van der Waals surface area contributed by atoms with Crippen LogP contribution in [0.1, 0.15) is 30.5 Å². The fourth-order valence-electron chi connectivity index (χ4n) is 1.44. The molecular formula is C12H14F3N. The summed E-state index contributed by atoms with van der Waals surface area (Å²) in [5.41, 5.74) is 6.45. The molecule has 0 saturated heterocycles. The highest BCUT2D eigenvalue weighted by Crippen LogP contribution is 2.31. The molecule has 0 saturated carbocycles. The van der Waals surface area contributed by atoms with Crippen molar-refractivity contribution in [2.45, 2.75) is 25.6 Å². The van der Waals surface area contributed by atoms with Crippen LogP contribution in [0.4, 0.5) is 13.2 Å². The Balaban J connectivity index is 2.94. The van der Waals surface area contributed by atoms with Crippen LogP contribution < -0.4 is 5.73 Å². The first-order valence-corrected chi connectivity index (χ1v) is 4.88. The number of benzene rings is 1. The van der Waals surface area contributed by atoms with Gasteiger partial charge in [-0.1, -0.05) is 17.7 Å². The van der Waals surface area contributed by atoms with Gasteiger partial charge < -0.3 is 5.73 Å². The highest BCUT2D eigenvalue weighted by molar-refractivity contribution is 5.28. The molecule has 0 aliphatic heterocycles. The third-order valence-electron chi connectivity index (χ3n) is 2.21. The summed E-state index contributed by atoms with van der Waals surface area (Å²) in [6.45, 7) is 5.49. The monoisotopic (exact) mass is 229 g/mol. The first-order chi connectivity index (χ1) is 7.30. The molecule has 0 aromatic heterocycles. The summed E-state index contributed by atoms with van der Waals surface area (Å²) in [5, 5.41) is 0. The van der Waals surface area contributed by atoms with Gasteiger partial charge in [-0.25, -0.2) is 0 Å². The van der Waals surface area contributed by atoms with E-state index in [1.54, 1.807) is 13.0 Å². The van der Waals surface area contributed by atoms with Crippen LogP contribution in [0.15, 0.2) is 36.4 Å². The van der Waals surface area contributed by atoms with Gasteiger partial charge in [-0.3, -0.25) is 0 Å². The Labute approximate surface area is 92.8 Å². The molecule has 1 nitrogen and oxygen atoms in total. The van der Waals surface area contributed by atoms with E-state index in [1.165, 1.54) is 6.07 Å². The first-order valence-electron chi connectivity index (χ1n) is 4.88. The predicted molar refractivity (Wildman–Crippen MR) is 57.8 cm³/mol. The van der Waals surface area contributed by atoms with Crippen molar-refractivity contribution in [2.24, 2.45) is 5.73 Å². The van der Waals surface area contributed by atoms with Crippen LogP contribution >= 0.6 is 0 Å². The minimum atomic E-state index is -4.32. The van der Waals surface area contributed by atoms with Crippen LogP contribution in [-0.2, 0) is 6.18 Å². The fraction of sp³-hybridized carbons (Fsp3) is 0.333. The van der Waals surface area contributed by atoms with Gasteiger partial charge in [0.25, 0.3) is 0 Å². The lowest BCUT2D eigenvalue weighted by atomic mass is 9.99. The SMILES string of the molecule is C=C(C)C[C@@H](N)c1cccc(C(F)(F)F)c1. The minimum absolute atomic E-state index is 0.431. The maximum absolute atomic E-state index is 12.4. The topological polar surface area (TPSA) is 26.0 Å². The normalized spacial score (nSPS) is 13.6. The molecule has 0 unspecified atom stereocenters. The average molecular weight is 229 g/mol. The van der Waals surface area contributed by atoms with E-state index in [9.17, 15) is 13.2 Å². The van der Waals surface area contributed by atoms with Crippen LogP contribution in [0.3, 0.4) is 0 Å². The van der Waals surface area contributed by atoms with E-state index in [0.29, 0.717) is 12.0 Å². The number of hydrogen-bond donors (Lipinski definition) is 1. The van der Waals surface area contributed by atoms with Gasteiger partial charge in [0.15, 0.2) is 0 Å². The molecule has 0 fully saturated rings. The number of alkyl halides is 3. The van der Waals surface area contributed by atoms with Crippen molar-refractivity contribution in [3.05, 3.63) is 47.5 Å². The van der Waals surface area contributed by atoms with Crippen LogP contribution in [0.2, 0.25) is 0 Å². The molecule has 0 aliphatic rings. The Kier molecular flexibility index (Phi) is 3.75. The van der Waals surface area contributed by atoms with Gasteiger partial charge >= 0.3 is 6.18 Å². The second-order valence-corrected chi connectivity index (χ2v) is 3.89. The van der Waals surface area contributed by atoms with Gasteiger partial charge in [-0.05, 0) is 31.0 Å². The summed E-state index contributed by atoms with van der Waals surface area (Å²) >= 11 is 0. The van der Waals surface area contributed by atoms with Crippen LogP contribution in [0.25, 0.3) is 0 Å². The molecule has 4 heteroatoms. The van der Waals surface area contributed by atoms with E-state index in [4.69, 9.17) is 5.73 Å². The van der Waals surface area contributed by atoms with E-state index in [-0.39, 0.29) is 0 Å². The lowest BCUT2D eigenvalue weighted by Crippen LogP contribution is -2.12. The van der Waals surface area contributed by atoms with Crippen LogP contribution in [-0.4, -0.2) is 0 Å². The van der Waals surface area contributed by atoms with E-state index in [1.807, 2.05) is 0 Å². The third-order valence-corrected chi connectivity index (χ3v) is 2.21. The van der Waals surface area contributed by atoms with E-state index >= 15 is 0 Å². The Morgan fingerprint density at radius 1 is 1.44 bits per heavy atom. The smallest absolute Gasteiger partial charge is 0.324 e. The maximum atomic E-state index is 12.4. The standard InChI is InChI=1S/C12H14F3N/c1-8(2)6-11(16)9-4-3-5-10(7-9)12(13,14)15/h3-5,7,11H,1,6,16H2,2H3/t11-/m1/s1. The third kappa shape index (κ3) is 3.38. The largest absolute Gasteiger partial charge is 0.416 e. The summed E-state index contributed by atoms with van der Waals surface area (Å²) in [5.74, 6) is 0. The van der Waals surface area contributed by atoms with E-state index in [0.717, 1.165) is 17.7 Å². The molecule has 0 spiro atoms. The summed E-state index contributed by atoms with van der Waals surface area (Å²) in [7, 11) is 0. The zero-order chi connectivity index (χ0) is 12.3. The summed E-state index contributed by atoms with van der Waals surface area (Å²) in [4.78, 5) is 0. The van der Waals surface area contributed by atoms with Crippen molar-refractivity contribution in [3.63, 3.8) is 0 Å². The van der Waals surface area contributed by atoms with Gasteiger partial charge in [0.2, 0.25) is 0 Å². The van der Waals surface area contributed by atoms with E-state index < -0.39 is 17.8 Å². The highest BCUT2D eigenvalue weighted by atomic mass is 19.4. The predicted octanol–water partition coefficient (Wildman–Crippen LogP) is 3.67.